The number of carboxylic acid groups (broad SMARTS) is 1. The number of nitrogens with one attached hydrogen (secondary N) is 2. The summed E-state index contributed by atoms with van der Waals surface area (Å²) >= 11 is 0. The molecule has 0 saturated heterocycles. The lowest BCUT2D eigenvalue weighted by Gasteiger charge is -2.15. The Labute approximate surface area is 194 Å². The number of ether oxygens (including phenoxy) is 1. The summed E-state index contributed by atoms with van der Waals surface area (Å²) in [5.41, 5.74) is 4.76. The SMILES string of the molecule is CC(CCNC(=O)OCC1c2ccccc2-c2ccccc21)CCC(=O)NCCCC(=O)O. The van der Waals surface area contributed by atoms with Gasteiger partial charge in [-0.3, -0.25) is 9.59 Å². The van der Waals surface area contributed by atoms with Crippen molar-refractivity contribution < 1.29 is 24.2 Å². The molecule has 176 valence electrons. The van der Waals surface area contributed by atoms with Gasteiger partial charge in [0.25, 0.3) is 0 Å². The third kappa shape index (κ3) is 7.07. The van der Waals surface area contributed by atoms with Gasteiger partial charge in [-0.05, 0) is 47.4 Å². The molecular formula is C26H32N2O5. The van der Waals surface area contributed by atoms with Crippen LogP contribution in [0.5, 0.6) is 0 Å². The van der Waals surface area contributed by atoms with Crippen LogP contribution in [0.3, 0.4) is 0 Å². The molecule has 2 aromatic carbocycles. The first-order valence-electron chi connectivity index (χ1n) is 11.5. The molecule has 1 aliphatic rings. The minimum absolute atomic E-state index is 0.0380. The average molecular weight is 453 g/mol. The molecule has 3 N–H and O–H groups in total. The van der Waals surface area contributed by atoms with Crippen LogP contribution >= 0.6 is 0 Å². The average Bonchev–Trinajstić information content (AvgIpc) is 3.13. The maximum atomic E-state index is 12.2. The smallest absolute Gasteiger partial charge is 0.407 e. The zero-order valence-electron chi connectivity index (χ0n) is 19.0. The molecule has 33 heavy (non-hydrogen) atoms. The third-order valence-electron chi connectivity index (χ3n) is 6.00. The molecule has 1 aliphatic carbocycles. The van der Waals surface area contributed by atoms with Gasteiger partial charge in [-0.1, -0.05) is 55.5 Å². The number of carboxylic acids is 1. The van der Waals surface area contributed by atoms with Crippen LogP contribution in [0.4, 0.5) is 4.79 Å². The Kier molecular flexibility index (Phi) is 8.87. The molecular weight excluding hydrogens is 420 g/mol. The second-order valence-corrected chi connectivity index (χ2v) is 8.53. The van der Waals surface area contributed by atoms with Gasteiger partial charge in [-0.15, -0.1) is 0 Å². The van der Waals surface area contributed by atoms with E-state index in [2.05, 4.69) is 34.9 Å². The molecule has 0 radical (unpaired) electrons. The number of amides is 2. The molecule has 0 spiro atoms. The van der Waals surface area contributed by atoms with E-state index in [9.17, 15) is 14.4 Å². The predicted octanol–water partition coefficient (Wildman–Crippen LogP) is 4.31. The van der Waals surface area contributed by atoms with Gasteiger partial charge in [-0.2, -0.15) is 0 Å². The van der Waals surface area contributed by atoms with E-state index in [4.69, 9.17) is 9.84 Å². The van der Waals surface area contributed by atoms with Crippen LogP contribution in [0, 0.1) is 5.92 Å². The van der Waals surface area contributed by atoms with Crippen molar-refractivity contribution >= 4 is 18.0 Å². The van der Waals surface area contributed by atoms with Crippen molar-refractivity contribution in [1.29, 1.82) is 0 Å². The Bertz CT molecular complexity index is 929. The number of rotatable bonds is 12. The molecule has 1 atom stereocenters. The molecule has 1 unspecified atom stereocenters. The third-order valence-corrected chi connectivity index (χ3v) is 6.00. The van der Waals surface area contributed by atoms with Gasteiger partial charge in [0.05, 0.1) is 0 Å². The minimum atomic E-state index is -0.859. The van der Waals surface area contributed by atoms with E-state index in [-0.39, 0.29) is 30.8 Å². The van der Waals surface area contributed by atoms with Crippen molar-refractivity contribution in [2.24, 2.45) is 5.92 Å². The summed E-state index contributed by atoms with van der Waals surface area (Å²) < 4.78 is 5.54. The highest BCUT2D eigenvalue weighted by Gasteiger charge is 2.28. The summed E-state index contributed by atoms with van der Waals surface area (Å²) in [4.78, 5) is 34.5. The zero-order chi connectivity index (χ0) is 23.6. The van der Waals surface area contributed by atoms with E-state index in [1.807, 2.05) is 31.2 Å². The van der Waals surface area contributed by atoms with Crippen LogP contribution in [0.1, 0.15) is 56.1 Å². The van der Waals surface area contributed by atoms with E-state index in [0.717, 1.165) is 6.42 Å². The first-order chi connectivity index (χ1) is 16.0. The van der Waals surface area contributed by atoms with Crippen LogP contribution < -0.4 is 10.6 Å². The van der Waals surface area contributed by atoms with E-state index in [1.165, 1.54) is 22.3 Å². The molecule has 2 aromatic rings. The van der Waals surface area contributed by atoms with Crippen LogP contribution in [0.2, 0.25) is 0 Å². The Morgan fingerprint density at radius 1 is 0.909 bits per heavy atom. The number of aliphatic carboxylic acids is 1. The van der Waals surface area contributed by atoms with Crippen LogP contribution in [0.15, 0.2) is 48.5 Å². The first-order valence-corrected chi connectivity index (χ1v) is 11.5. The topological polar surface area (TPSA) is 105 Å². The maximum Gasteiger partial charge on any atom is 0.407 e. The number of fused-ring (bicyclic) bond motifs is 3. The highest BCUT2D eigenvalue weighted by molar-refractivity contribution is 5.79. The van der Waals surface area contributed by atoms with Gasteiger partial charge in [-0.25, -0.2) is 4.79 Å². The highest BCUT2D eigenvalue weighted by atomic mass is 16.5. The molecule has 0 heterocycles. The highest BCUT2D eigenvalue weighted by Crippen LogP contribution is 2.44. The predicted molar refractivity (Wildman–Crippen MR) is 126 cm³/mol. The number of carbonyl (C=O) groups is 3. The summed E-state index contributed by atoms with van der Waals surface area (Å²) in [7, 11) is 0. The van der Waals surface area contributed by atoms with Crippen molar-refractivity contribution in [2.45, 2.75) is 44.9 Å². The van der Waals surface area contributed by atoms with Crippen molar-refractivity contribution in [3.8, 4) is 11.1 Å². The van der Waals surface area contributed by atoms with Crippen LogP contribution in [0.25, 0.3) is 11.1 Å². The standard InChI is InChI=1S/C26H32N2O5/c1-18(12-13-24(29)27-15-6-11-25(30)31)14-16-28-26(32)33-17-23-21-9-4-2-7-19(21)20-8-3-5-10-22(20)23/h2-5,7-10,18,23H,6,11-17H2,1H3,(H,27,29)(H,28,32)(H,30,31). The van der Waals surface area contributed by atoms with E-state index < -0.39 is 12.1 Å². The van der Waals surface area contributed by atoms with E-state index in [0.29, 0.717) is 32.4 Å². The Morgan fingerprint density at radius 3 is 2.18 bits per heavy atom. The largest absolute Gasteiger partial charge is 0.481 e. The van der Waals surface area contributed by atoms with E-state index in [1.54, 1.807) is 0 Å². The summed E-state index contributed by atoms with van der Waals surface area (Å²) in [5.74, 6) is -0.627. The minimum Gasteiger partial charge on any atom is -0.481 e. The second kappa shape index (κ2) is 12.0. The van der Waals surface area contributed by atoms with Gasteiger partial charge < -0.3 is 20.5 Å². The molecule has 0 aromatic heterocycles. The molecule has 0 bridgehead atoms. The Hall–Kier alpha value is -3.35. The number of hydrogen-bond acceptors (Lipinski definition) is 4. The number of hydrogen-bond donors (Lipinski definition) is 3. The molecule has 7 heteroatoms. The lowest BCUT2D eigenvalue weighted by Crippen LogP contribution is -2.28. The quantitative estimate of drug-likeness (QED) is 0.416. The van der Waals surface area contributed by atoms with Gasteiger partial charge in [0.2, 0.25) is 5.91 Å². The van der Waals surface area contributed by atoms with Crippen molar-refractivity contribution in [3.63, 3.8) is 0 Å². The lowest BCUT2D eigenvalue weighted by molar-refractivity contribution is -0.137. The van der Waals surface area contributed by atoms with Gasteiger partial charge >= 0.3 is 12.1 Å². The van der Waals surface area contributed by atoms with Crippen molar-refractivity contribution in [3.05, 3.63) is 59.7 Å². The molecule has 2 amide bonds. The van der Waals surface area contributed by atoms with Gasteiger partial charge in [0, 0.05) is 31.8 Å². The summed E-state index contributed by atoms with van der Waals surface area (Å²) in [5, 5.41) is 14.1. The lowest BCUT2D eigenvalue weighted by atomic mass is 9.98. The van der Waals surface area contributed by atoms with Gasteiger partial charge in [0.15, 0.2) is 0 Å². The summed E-state index contributed by atoms with van der Waals surface area (Å²) in [6, 6.07) is 16.4. The summed E-state index contributed by atoms with van der Waals surface area (Å²) in [6.07, 6.45) is 1.89. The van der Waals surface area contributed by atoms with Crippen LogP contribution in [-0.2, 0) is 14.3 Å². The molecule has 7 nitrogen and oxygen atoms in total. The molecule has 3 rings (SSSR count). The van der Waals surface area contributed by atoms with Crippen LogP contribution in [-0.4, -0.2) is 42.8 Å². The fourth-order valence-electron chi connectivity index (χ4n) is 4.15. The zero-order valence-corrected chi connectivity index (χ0v) is 19.0. The monoisotopic (exact) mass is 452 g/mol. The number of benzene rings is 2. The van der Waals surface area contributed by atoms with Gasteiger partial charge in [0.1, 0.15) is 6.61 Å². The Balaban J connectivity index is 1.33. The normalized spacial score (nSPS) is 13.0. The fourth-order valence-corrected chi connectivity index (χ4v) is 4.15. The molecule has 0 aliphatic heterocycles. The maximum absolute atomic E-state index is 12.2. The first kappa shape index (κ1) is 24.3. The van der Waals surface area contributed by atoms with E-state index >= 15 is 0 Å². The summed E-state index contributed by atoms with van der Waals surface area (Å²) in [6.45, 7) is 3.19. The molecule has 0 saturated carbocycles. The number of carbonyl (C=O) groups excluding carboxylic acids is 2. The Morgan fingerprint density at radius 2 is 1.55 bits per heavy atom. The molecule has 0 fully saturated rings. The second-order valence-electron chi connectivity index (χ2n) is 8.53. The van der Waals surface area contributed by atoms with Crippen molar-refractivity contribution in [2.75, 3.05) is 19.7 Å². The number of alkyl carbamates (subject to hydrolysis) is 1. The fraction of sp³-hybridized carbons (Fsp3) is 0.423. The van der Waals surface area contributed by atoms with Crippen molar-refractivity contribution in [1.82, 2.24) is 10.6 Å².